The van der Waals surface area contributed by atoms with Crippen molar-refractivity contribution in [1.29, 1.82) is 0 Å². The molecule has 0 spiro atoms. The molecule has 1 amide bonds. The van der Waals surface area contributed by atoms with Crippen LogP contribution >= 0.6 is 0 Å². The Morgan fingerprint density at radius 1 is 1.26 bits per heavy atom. The molecule has 0 bridgehead atoms. The van der Waals surface area contributed by atoms with Crippen LogP contribution in [-0.4, -0.2) is 11.1 Å². The van der Waals surface area contributed by atoms with Crippen LogP contribution in [0, 0.1) is 6.92 Å². The molecule has 2 aromatic rings. The Labute approximate surface area is 109 Å². The molecule has 0 saturated heterocycles. The van der Waals surface area contributed by atoms with Crippen molar-refractivity contribution in [2.24, 2.45) is 0 Å². The molecule has 4 N–H and O–H groups in total. The Bertz CT molecular complexity index is 636. The van der Waals surface area contributed by atoms with Crippen LogP contribution in [-0.2, 0) is 0 Å². The first-order chi connectivity index (χ1) is 9.17. The number of amides is 1. The summed E-state index contributed by atoms with van der Waals surface area (Å²) in [6.45, 7) is 1.88. The second-order valence-electron chi connectivity index (χ2n) is 4.37. The summed E-state index contributed by atoms with van der Waals surface area (Å²) in [5.41, 5.74) is 3.67. The number of anilines is 2. The highest BCUT2D eigenvalue weighted by Crippen LogP contribution is 2.36. The van der Waals surface area contributed by atoms with Crippen LogP contribution in [0.15, 0.2) is 34.7 Å². The standard InChI is InChI=1S/C13H13N3O3/c1-7-2-5-11(19-7)12-14-9-4-3-8(13(17)16-18)6-10(9)15-12/h2-6,12,14-15,18H,1H3,(H,16,17). The lowest BCUT2D eigenvalue weighted by atomic mass is 10.1. The SMILES string of the molecule is Cc1ccc(C2Nc3ccc(C(=O)NO)cc3N2)o1. The molecular formula is C13H13N3O3. The number of hydrogen-bond acceptors (Lipinski definition) is 5. The highest BCUT2D eigenvalue weighted by molar-refractivity contribution is 5.96. The molecule has 6 nitrogen and oxygen atoms in total. The zero-order chi connectivity index (χ0) is 13.4. The first-order valence-corrected chi connectivity index (χ1v) is 5.85. The predicted octanol–water partition coefficient (Wildman–Crippen LogP) is 2.24. The Morgan fingerprint density at radius 2 is 2.05 bits per heavy atom. The third kappa shape index (κ3) is 2.02. The van der Waals surface area contributed by atoms with Crippen LogP contribution in [0.2, 0.25) is 0 Å². The van der Waals surface area contributed by atoms with Crippen molar-refractivity contribution in [2.75, 3.05) is 10.6 Å². The minimum atomic E-state index is -0.540. The lowest BCUT2D eigenvalue weighted by Gasteiger charge is -2.08. The summed E-state index contributed by atoms with van der Waals surface area (Å²) in [6, 6.07) is 8.88. The summed E-state index contributed by atoms with van der Waals surface area (Å²) in [7, 11) is 0. The van der Waals surface area contributed by atoms with E-state index >= 15 is 0 Å². The molecule has 0 radical (unpaired) electrons. The van der Waals surface area contributed by atoms with E-state index in [4.69, 9.17) is 9.62 Å². The van der Waals surface area contributed by atoms with Gasteiger partial charge in [-0.3, -0.25) is 10.0 Å². The van der Waals surface area contributed by atoms with Crippen molar-refractivity contribution in [3.63, 3.8) is 0 Å². The molecule has 1 aromatic heterocycles. The summed E-state index contributed by atoms with van der Waals surface area (Å²) in [6.07, 6.45) is -0.156. The minimum absolute atomic E-state index is 0.156. The molecule has 6 heteroatoms. The third-order valence-electron chi connectivity index (χ3n) is 3.03. The number of nitrogens with one attached hydrogen (secondary N) is 3. The number of fused-ring (bicyclic) bond motifs is 1. The van der Waals surface area contributed by atoms with Gasteiger partial charge in [0.15, 0.2) is 6.17 Å². The topological polar surface area (TPSA) is 86.5 Å². The Kier molecular flexibility index (Phi) is 2.64. The lowest BCUT2D eigenvalue weighted by molar-refractivity contribution is 0.0706. The Hall–Kier alpha value is -2.47. The van der Waals surface area contributed by atoms with Gasteiger partial charge in [-0.2, -0.15) is 0 Å². The smallest absolute Gasteiger partial charge is 0.274 e. The summed E-state index contributed by atoms with van der Waals surface area (Å²) in [5.74, 6) is 1.08. The van der Waals surface area contributed by atoms with E-state index in [1.54, 1.807) is 23.7 Å². The Morgan fingerprint density at radius 3 is 2.74 bits per heavy atom. The van der Waals surface area contributed by atoms with Crippen LogP contribution in [0.5, 0.6) is 0 Å². The summed E-state index contributed by atoms with van der Waals surface area (Å²) in [5, 5.41) is 15.1. The van der Waals surface area contributed by atoms with Crippen molar-refractivity contribution in [1.82, 2.24) is 5.48 Å². The van der Waals surface area contributed by atoms with Gasteiger partial charge in [-0.05, 0) is 37.3 Å². The lowest BCUT2D eigenvalue weighted by Crippen LogP contribution is -2.18. The maximum atomic E-state index is 11.3. The molecule has 3 rings (SSSR count). The van der Waals surface area contributed by atoms with Crippen LogP contribution in [0.4, 0.5) is 11.4 Å². The second kappa shape index (κ2) is 4.33. The van der Waals surface area contributed by atoms with E-state index in [1.807, 2.05) is 19.1 Å². The van der Waals surface area contributed by atoms with E-state index in [0.717, 1.165) is 22.9 Å². The average molecular weight is 259 g/mol. The van der Waals surface area contributed by atoms with Crippen LogP contribution in [0.1, 0.15) is 28.0 Å². The van der Waals surface area contributed by atoms with Gasteiger partial charge in [-0.25, -0.2) is 5.48 Å². The van der Waals surface area contributed by atoms with Gasteiger partial charge < -0.3 is 15.1 Å². The number of benzene rings is 1. The molecule has 19 heavy (non-hydrogen) atoms. The van der Waals surface area contributed by atoms with Gasteiger partial charge in [0, 0.05) is 5.56 Å². The first kappa shape index (κ1) is 11.6. The van der Waals surface area contributed by atoms with Crippen molar-refractivity contribution < 1.29 is 14.4 Å². The molecule has 1 unspecified atom stereocenters. The maximum absolute atomic E-state index is 11.3. The van der Waals surface area contributed by atoms with E-state index in [0.29, 0.717) is 5.56 Å². The molecule has 1 aliphatic heterocycles. The van der Waals surface area contributed by atoms with Gasteiger partial charge in [0.25, 0.3) is 5.91 Å². The van der Waals surface area contributed by atoms with Crippen LogP contribution in [0.25, 0.3) is 0 Å². The number of carbonyl (C=O) groups excluding carboxylic acids is 1. The number of aryl methyl sites for hydroxylation is 1. The number of hydroxylamine groups is 1. The van der Waals surface area contributed by atoms with Crippen LogP contribution < -0.4 is 16.1 Å². The van der Waals surface area contributed by atoms with Crippen molar-refractivity contribution in [2.45, 2.75) is 13.1 Å². The van der Waals surface area contributed by atoms with Gasteiger partial charge in [0.2, 0.25) is 0 Å². The number of rotatable bonds is 2. The molecule has 2 heterocycles. The fraction of sp³-hybridized carbons (Fsp3) is 0.154. The van der Waals surface area contributed by atoms with Gasteiger partial charge in [0.1, 0.15) is 11.5 Å². The van der Waals surface area contributed by atoms with E-state index in [1.165, 1.54) is 0 Å². The fourth-order valence-corrected chi connectivity index (χ4v) is 2.09. The second-order valence-corrected chi connectivity index (χ2v) is 4.37. The van der Waals surface area contributed by atoms with Crippen molar-refractivity contribution >= 4 is 17.3 Å². The van der Waals surface area contributed by atoms with Gasteiger partial charge >= 0.3 is 0 Å². The van der Waals surface area contributed by atoms with Crippen LogP contribution in [0.3, 0.4) is 0 Å². The molecule has 1 aliphatic rings. The molecule has 0 fully saturated rings. The summed E-state index contributed by atoms with van der Waals surface area (Å²) < 4.78 is 5.55. The predicted molar refractivity (Wildman–Crippen MR) is 69.1 cm³/mol. The normalized spacial score (nSPS) is 16.4. The number of carbonyl (C=O) groups is 1. The maximum Gasteiger partial charge on any atom is 0.274 e. The van der Waals surface area contributed by atoms with E-state index in [-0.39, 0.29) is 6.17 Å². The minimum Gasteiger partial charge on any atom is -0.462 e. The Balaban J connectivity index is 1.86. The van der Waals surface area contributed by atoms with Gasteiger partial charge in [-0.15, -0.1) is 0 Å². The molecule has 0 saturated carbocycles. The molecule has 1 atom stereocenters. The molecule has 1 aromatic carbocycles. The highest BCUT2D eigenvalue weighted by Gasteiger charge is 2.24. The highest BCUT2D eigenvalue weighted by atomic mass is 16.5. The monoisotopic (exact) mass is 259 g/mol. The first-order valence-electron chi connectivity index (χ1n) is 5.85. The number of hydrogen-bond donors (Lipinski definition) is 4. The number of furan rings is 1. The molecule has 98 valence electrons. The zero-order valence-electron chi connectivity index (χ0n) is 10.2. The van der Waals surface area contributed by atoms with E-state index in [9.17, 15) is 4.79 Å². The molecular weight excluding hydrogens is 246 g/mol. The third-order valence-corrected chi connectivity index (χ3v) is 3.03. The zero-order valence-corrected chi connectivity index (χ0v) is 10.2. The summed E-state index contributed by atoms with van der Waals surface area (Å²) in [4.78, 5) is 11.3. The fourth-order valence-electron chi connectivity index (χ4n) is 2.09. The van der Waals surface area contributed by atoms with Gasteiger partial charge in [-0.1, -0.05) is 0 Å². The summed E-state index contributed by atoms with van der Waals surface area (Å²) >= 11 is 0. The largest absolute Gasteiger partial charge is 0.462 e. The van der Waals surface area contributed by atoms with Crippen molar-refractivity contribution in [3.8, 4) is 0 Å². The van der Waals surface area contributed by atoms with Gasteiger partial charge in [0.05, 0.1) is 11.4 Å². The van der Waals surface area contributed by atoms with Crippen molar-refractivity contribution in [3.05, 3.63) is 47.4 Å². The van der Waals surface area contributed by atoms with E-state index in [2.05, 4.69) is 10.6 Å². The quantitative estimate of drug-likeness (QED) is 0.491. The molecule has 0 aliphatic carbocycles. The average Bonchev–Trinajstić information content (AvgIpc) is 3.02. The van der Waals surface area contributed by atoms with E-state index < -0.39 is 5.91 Å².